The number of halogens is 8. The summed E-state index contributed by atoms with van der Waals surface area (Å²) in [6, 6.07) is 6.97. The molecule has 2 aliphatic heterocycles. The Kier molecular flexibility index (Phi) is 7.25. The fourth-order valence-corrected chi connectivity index (χ4v) is 13.4. The van der Waals surface area contributed by atoms with Gasteiger partial charge in [0.2, 0.25) is 11.6 Å². The average molecular weight is 842 g/mol. The quantitative estimate of drug-likeness (QED) is 0.209. The van der Waals surface area contributed by atoms with Crippen LogP contribution in [0.1, 0.15) is 47.0 Å². The lowest BCUT2D eigenvalue weighted by Gasteiger charge is -2.41. The van der Waals surface area contributed by atoms with Crippen LogP contribution >= 0.6 is 92.8 Å². The minimum Gasteiger partial charge on any atom is -0.350 e. The molecule has 262 valence electrons. The van der Waals surface area contributed by atoms with Crippen molar-refractivity contribution >= 4 is 115 Å². The molecule has 0 radical (unpaired) electrons. The lowest BCUT2D eigenvalue weighted by Crippen LogP contribution is -2.57. The van der Waals surface area contributed by atoms with Crippen molar-refractivity contribution in [1.29, 1.82) is 0 Å². The second-order valence-corrected chi connectivity index (χ2v) is 16.5. The van der Waals surface area contributed by atoms with Gasteiger partial charge in [-0.05, 0) is 24.3 Å². The van der Waals surface area contributed by atoms with E-state index in [9.17, 15) is 0 Å². The zero-order valence-corrected chi connectivity index (χ0v) is 32.0. The third-order valence-electron chi connectivity index (χ3n) is 10.9. The molecular formula is C30H22Cl8N8O4. The summed E-state index contributed by atoms with van der Waals surface area (Å²) in [6.07, 6.45) is 0. The molecule has 2 fully saturated rings. The van der Waals surface area contributed by atoms with Gasteiger partial charge in [0.1, 0.15) is 65.4 Å². The summed E-state index contributed by atoms with van der Waals surface area (Å²) in [5.74, 6) is -6.47. The molecule has 12 nitrogen and oxygen atoms in total. The molecule has 4 aliphatic carbocycles. The Morgan fingerprint density at radius 3 is 0.940 bits per heavy atom. The maximum atomic E-state index is 7.57. The Bertz CT molecular complexity index is 2120. The van der Waals surface area contributed by atoms with E-state index in [1.807, 2.05) is 0 Å². The molecule has 0 spiro atoms. The third kappa shape index (κ3) is 3.39. The van der Waals surface area contributed by atoms with Gasteiger partial charge in [-0.2, -0.15) is 0 Å². The van der Waals surface area contributed by atoms with Crippen LogP contribution in [0.3, 0.4) is 0 Å². The Morgan fingerprint density at radius 2 is 0.680 bits per heavy atom. The van der Waals surface area contributed by atoms with Gasteiger partial charge in [0.25, 0.3) is 0 Å². The molecule has 2 N–H and O–H groups in total. The summed E-state index contributed by atoms with van der Waals surface area (Å²) >= 11 is 57.9. The zero-order valence-electron chi connectivity index (χ0n) is 26.0. The smallest absolute Gasteiger partial charge is 0.218 e. The van der Waals surface area contributed by atoms with Gasteiger partial charge in [-0.1, -0.05) is 46.4 Å². The van der Waals surface area contributed by atoms with Crippen molar-refractivity contribution in [3.8, 4) is 0 Å². The van der Waals surface area contributed by atoms with Crippen LogP contribution in [-0.4, -0.2) is 99.4 Å². The molecule has 0 amide bonds. The topological polar surface area (TPSA) is 146 Å². The number of rotatable bonds is 4. The van der Waals surface area contributed by atoms with Crippen molar-refractivity contribution in [2.45, 2.75) is 54.7 Å². The fourth-order valence-electron chi connectivity index (χ4n) is 9.08. The summed E-state index contributed by atoms with van der Waals surface area (Å²) < 4.78 is 24.1. The number of methoxy groups -OCH3 is 4. The molecule has 8 unspecified atom stereocenters. The van der Waals surface area contributed by atoms with Crippen LogP contribution < -0.4 is 0 Å². The molecule has 8 atom stereocenters. The van der Waals surface area contributed by atoms with Gasteiger partial charge in [-0.25, -0.2) is 29.9 Å². The van der Waals surface area contributed by atoms with Crippen molar-refractivity contribution in [2.24, 2.45) is 0 Å². The number of ether oxygens (including phenoxy) is 4. The molecule has 2 saturated carbocycles. The van der Waals surface area contributed by atoms with E-state index in [0.29, 0.717) is 22.6 Å². The Morgan fingerprint density at radius 1 is 0.440 bits per heavy atom. The van der Waals surface area contributed by atoms with E-state index in [1.165, 1.54) is 28.4 Å². The average Bonchev–Trinajstić information content (AvgIpc) is 3.95. The number of alkyl halides is 4. The molecular weight excluding hydrogens is 820 g/mol. The van der Waals surface area contributed by atoms with Crippen molar-refractivity contribution in [3.63, 3.8) is 0 Å². The number of nitrogens with one attached hydrogen (secondary N) is 2. The summed E-state index contributed by atoms with van der Waals surface area (Å²) in [4.78, 5) is 28.8. The van der Waals surface area contributed by atoms with Crippen LogP contribution in [0, 0.1) is 0 Å². The lowest BCUT2D eigenvalue weighted by atomic mass is 9.82. The standard InChI is InChI=1S/C30H22Cl8N8O4/c1-47-29(48-2)25(35)13-15(27(29,37)19(33)17(25)31)23-44-21(13)42-11-7-5-9(40-11)39-10-6-8-12(41-10)43-22-14-16(24(45-22)46-23)28(38)20(34)18(32)26(14,36)30(28,49-3)50-4/h5-8,13-16H,1-4H3,(H2,39,40,41,42,43,44,45,46). The third-order valence-corrected chi connectivity index (χ3v) is 16.2. The molecule has 12 bridgehead atoms. The van der Waals surface area contributed by atoms with Gasteiger partial charge in [-0.3, -0.25) is 0 Å². The highest BCUT2D eigenvalue weighted by Gasteiger charge is 2.89. The minimum atomic E-state index is -1.79. The zero-order chi connectivity index (χ0) is 35.6. The molecule has 50 heavy (non-hydrogen) atoms. The first-order chi connectivity index (χ1) is 23.7. The molecule has 20 heteroatoms. The van der Waals surface area contributed by atoms with Gasteiger partial charge >= 0.3 is 0 Å². The van der Waals surface area contributed by atoms with E-state index in [0.717, 1.165) is 0 Å². The Balaban J connectivity index is 1.41. The number of aromatic nitrogens is 8. The fraction of sp³-hybridized carbons (Fsp3) is 0.467. The second kappa shape index (κ2) is 10.6. The van der Waals surface area contributed by atoms with Crippen LogP contribution in [-0.2, 0) is 18.9 Å². The van der Waals surface area contributed by atoms with E-state index in [1.54, 1.807) is 24.3 Å². The van der Waals surface area contributed by atoms with Crippen LogP contribution in [0.15, 0.2) is 44.4 Å². The number of fused-ring (bicyclic) bond motifs is 22. The van der Waals surface area contributed by atoms with Gasteiger partial charge < -0.3 is 28.9 Å². The van der Waals surface area contributed by atoms with Crippen LogP contribution in [0.4, 0.5) is 0 Å². The first kappa shape index (κ1) is 34.3. The Labute approximate surface area is 323 Å². The number of aromatic amines is 2. The first-order valence-corrected chi connectivity index (χ1v) is 18.0. The van der Waals surface area contributed by atoms with Gasteiger partial charge in [0.15, 0.2) is 0 Å². The highest BCUT2D eigenvalue weighted by Crippen LogP contribution is 2.80. The summed E-state index contributed by atoms with van der Waals surface area (Å²) in [6.45, 7) is 0. The molecule has 0 saturated heterocycles. The van der Waals surface area contributed by atoms with E-state index < -0.39 is 54.7 Å². The van der Waals surface area contributed by atoms with Crippen molar-refractivity contribution < 1.29 is 18.9 Å². The largest absolute Gasteiger partial charge is 0.350 e. The maximum absolute atomic E-state index is 7.57. The summed E-state index contributed by atoms with van der Waals surface area (Å²) in [5.41, 5.74) is 1.79. The normalized spacial score (nSPS) is 37.2. The molecule has 5 heterocycles. The number of hydrogen-bond donors (Lipinski definition) is 2. The second-order valence-electron chi connectivity index (χ2n) is 12.6. The van der Waals surface area contributed by atoms with Crippen LogP contribution in [0.25, 0.3) is 22.6 Å². The van der Waals surface area contributed by atoms with E-state index in [4.69, 9.17) is 137 Å². The lowest BCUT2D eigenvalue weighted by molar-refractivity contribution is -0.218. The van der Waals surface area contributed by atoms with Crippen LogP contribution in [0.2, 0.25) is 0 Å². The number of nitrogens with zero attached hydrogens (tertiary/aromatic N) is 6. The summed E-state index contributed by atoms with van der Waals surface area (Å²) in [7, 11) is 5.61. The van der Waals surface area contributed by atoms with E-state index >= 15 is 0 Å². The van der Waals surface area contributed by atoms with Gasteiger partial charge in [0.05, 0.1) is 43.8 Å². The summed E-state index contributed by atoms with van der Waals surface area (Å²) in [5, 5.41) is 0.0796. The van der Waals surface area contributed by atoms with E-state index in [2.05, 4.69) is 15.0 Å². The Hall–Kier alpha value is -1.52. The molecule has 9 rings (SSSR count). The van der Waals surface area contributed by atoms with E-state index in [-0.39, 0.29) is 43.4 Å². The molecule has 0 aromatic carbocycles. The molecule has 3 aromatic rings. The predicted molar refractivity (Wildman–Crippen MR) is 188 cm³/mol. The van der Waals surface area contributed by atoms with Gasteiger partial charge in [-0.15, -0.1) is 46.4 Å². The highest BCUT2D eigenvalue weighted by molar-refractivity contribution is 6.53. The minimum absolute atomic E-state index is 0.0107. The first-order valence-electron chi connectivity index (χ1n) is 14.9. The number of hydrogen-bond acceptors (Lipinski definition) is 10. The maximum Gasteiger partial charge on any atom is 0.218 e. The van der Waals surface area contributed by atoms with Crippen LogP contribution in [0.5, 0.6) is 0 Å². The van der Waals surface area contributed by atoms with Crippen molar-refractivity contribution in [1.82, 2.24) is 39.9 Å². The SMILES string of the molecule is COC1(OC)C2(Cl)C(Cl)=C(Cl)C1(Cl)C1c3nc(nc4nc(nc5ccc(nc6ccc(n3)[nH]6)[nH]5)C3C4C4(Cl)C(Cl)=C(Cl)C3(Cl)C4(OC)OC)C12. The van der Waals surface area contributed by atoms with Crippen molar-refractivity contribution in [2.75, 3.05) is 28.4 Å². The highest BCUT2D eigenvalue weighted by atomic mass is 35.5. The monoisotopic (exact) mass is 838 g/mol. The van der Waals surface area contributed by atoms with Gasteiger partial charge in [0, 0.05) is 28.4 Å². The number of H-pyrrole nitrogens is 2. The molecule has 6 aliphatic rings. The predicted octanol–water partition coefficient (Wildman–Crippen LogP) is 6.95. The molecule has 3 aromatic heterocycles. The van der Waals surface area contributed by atoms with Crippen molar-refractivity contribution in [3.05, 3.63) is 67.7 Å².